The van der Waals surface area contributed by atoms with Gasteiger partial charge in [0, 0.05) is 29.4 Å². The van der Waals surface area contributed by atoms with Crippen molar-refractivity contribution in [2.75, 3.05) is 7.11 Å². The third-order valence-electron chi connectivity index (χ3n) is 4.69. The van der Waals surface area contributed by atoms with E-state index in [0.717, 1.165) is 27.8 Å². The van der Waals surface area contributed by atoms with Gasteiger partial charge in [-0.3, -0.25) is 9.78 Å². The molecule has 0 aliphatic heterocycles. The molecule has 5 nitrogen and oxygen atoms in total. The highest BCUT2D eigenvalue weighted by Crippen LogP contribution is 2.26. The second kappa shape index (κ2) is 7.96. The largest absolute Gasteiger partial charge is 0.497 e. The van der Waals surface area contributed by atoms with Crippen LogP contribution in [-0.4, -0.2) is 18.0 Å². The molecule has 1 N–H and O–H groups in total. The number of carbonyl (C=O) groups is 1. The van der Waals surface area contributed by atoms with Crippen LogP contribution in [0.4, 0.5) is 0 Å². The summed E-state index contributed by atoms with van der Waals surface area (Å²) in [6.07, 6.45) is 5.32. The van der Waals surface area contributed by atoms with Gasteiger partial charge in [-0.2, -0.15) is 0 Å². The van der Waals surface area contributed by atoms with Crippen LogP contribution >= 0.6 is 0 Å². The van der Waals surface area contributed by atoms with E-state index in [2.05, 4.69) is 10.3 Å². The molecule has 4 rings (SSSR count). The zero-order valence-electron chi connectivity index (χ0n) is 15.5. The molecule has 0 saturated carbocycles. The van der Waals surface area contributed by atoms with Gasteiger partial charge in [0.05, 0.1) is 25.8 Å². The second-order valence-corrected chi connectivity index (χ2v) is 6.49. The van der Waals surface area contributed by atoms with Crippen molar-refractivity contribution in [3.63, 3.8) is 0 Å². The third kappa shape index (κ3) is 3.74. The van der Waals surface area contributed by atoms with Crippen LogP contribution in [0, 0.1) is 0 Å². The number of nitrogens with one attached hydrogen (secondary N) is 1. The van der Waals surface area contributed by atoms with Gasteiger partial charge in [0.2, 0.25) is 5.91 Å². The van der Waals surface area contributed by atoms with Gasteiger partial charge in [0.25, 0.3) is 0 Å². The standard InChI is InChI=1S/C23H20N2O3/c1-27-19-7-8-20-18(15-28-21(20)14-19)13-22(26)25-23(16-5-3-2-4-6-16)17-9-11-24-12-10-17/h2-12,14-15,23H,13H2,1H3,(H,25,26). The number of fused-ring (bicyclic) bond motifs is 1. The lowest BCUT2D eigenvalue weighted by atomic mass is 9.99. The molecule has 1 amide bonds. The SMILES string of the molecule is COc1ccc2c(CC(=O)NC(c3ccccc3)c3ccncc3)coc2c1. The number of rotatable bonds is 6. The van der Waals surface area contributed by atoms with E-state index < -0.39 is 0 Å². The van der Waals surface area contributed by atoms with Crippen LogP contribution in [-0.2, 0) is 11.2 Å². The number of furan rings is 1. The summed E-state index contributed by atoms with van der Waals surface area (Å²) < 4.78 is 10.8. The Morgan fingerprint density at radius 2 is 1.82 bits per heavy atom. The first kappa shape index (κ1) is 17.8. The summed E-state index contributed by atoms with van der Waals surface area (Å²) >= 11 is 0. The minimum absolute atomic E-state index is 0.0795. The number of amides is 1. The van der Waals surface area contributed by atoms with E-state index in [0.29, 0.717) is 5.58 Å². The van der Waals surface area contributed by atoms with E-state index in [4.69, 9.17) is 9.15 Å². The fourth-order valence-electron chi connectivity index (χ4n) is 3.27. The van der Waals surface area contributed by atoms with Gasteiger partial charge >= 0.3 is 0 Å². The number of hydrogen-bond acceptors (Lipinski definition) is 4. The van der Waals surface area contributed by atoms with Crippen molar-refractivity contribution in [1.82, 2.24) is 10.3 Å². The van der Waals surface area contributed by atoms with Gasteiger partial charge in [0.1, 0.15) is 11.3 Å². The minimum atomic E-state index is -0.241. The van der Waals surface area contributed by atoms with Gasteiger partial charge in [-0.05, 0) is 35.4 Å². The molecule has 2 heterocycles. The number of pyridine rings is 1. The van der Waals surface area contributed by atoms with Crippen molar-refractivity contribution in [2.45, 2.75) is 12.5 Å². The number of carbonyl (C=O) groups excluding carboxylic acids is 1. The molecule has 2 aromatic carbocycles. The van der Waals surface area contributed by atoms with E-state index in [9.17, 15) is 4.79 Å². The topological polar surface area (TPSA) is 64.4 Å². The average molecular weight is 372 g/mol. The molecule has 140 valence electrons. The molecule has 4 aromatic rings. The molecule has 0 saturated heterocycles. The normalized spacial score (nSPS) is 11.9. The summed E-state index contributed by atoms with van der Waals surface area (Å²) in [6, 6.07) is 19.1. The van der Waals surface area contributed by atoms with Gasteiger partial charge < -0.3 is 14.5 Å². The zero-order valence-corrected chi connectivity index (χ0v) is 15.5. The predicted octanol–water partition coefficient (Wildman–Crippen LogP) is 4.28. The van der Waals surface area contributed by atoms with E-state index in [1.54, 1.807) is 25.8 Å². The molecule has 1 atom stereocenters. The van der Waals surface area contributed by atoms with E-state index in [-0.39, 0.29) is 18.4 Å². The van der Waals surface area contributed by atoms with E-state index in [1.807, 2.05) is 60.7 Å². The molecule has 0 aliphatic carbocycles. The Morgan fingerprint density at radius 1 is 1.07 bits per heavy atom. The maximum Gasteiger partial charge on any atom is 0.225 e. The lowest BCUT2D eigenvalue weighted by molar-refractivity contribution is -0.120. The Balaban J connectivity index is 1.57. The molecular formula is C23H20N2O3. The Labute approximate surface area is 163 Å². The molecule has 0 fully saturated rings. The van der Waals surface area contributed by atoms with Crippen LogP contribution in [0.3, 0.4) is 0 Å². The van der Waals surface area contributed by atoms with Crippen LogP contribution in [0.2, 0.25) is 0 Å². The first-order valence-corrected chi connectivity index (χ1v) is 9.03. The Kier molecular flexibility index (Phi) is 5.06. The quantitative estimate of drug-likeness (QED) is 0.548. The molecule has 0 aliphatic rings. The molecule has 0 spiro atoms. The van der Waals surface area contributed by atoms with E-state index in [1.165, 1.54) is 0 Å². The molecule has 0 radical (unpaired) electrons. The van der Waals surface area contributed by atoms with Crippen LogP contribution in [0.1, 0.15) is 22.7 Å². The molecule has 28 heavy (non-hydrogen) atoms. The Hall–Kier alpha value is -3.60. The molecule has 2 aromatic heterocycles. The first-order valence-electron chi connectivity index (χ1n) is 9.03. The molecular weight excluding hydrogens is 352 g/mol. The number of benzene rings is 2. The van der Waals surface area contributed by atoms with Crippen LogP contribution in [0.15, 0.2) is 83.7 Å². The fourth-order valence-corrected chi connectivity index (χ4v) is 3.27. The fraction of sp³-hybridized carbons (Fsp3) is 0.130. The highest BCUT2D eigenvalue weighted by molar-refractivity contribution is 5.88. The summed E-state index contributed by atoms with van der Waals surface area (Å²) in [4.78, 5) is 16.9. The monoisotopic (exact) mass is 372 g/mol. The van der Waals surface area contributed by atoms with Crippen molar-refractivity contribution in [3.05, 3.63) is 96.0 Å². The predicted molar refractivity (Wildman–Crippen MR) is 107 cm³/mol. The first-order chi connectivity index (χ1) is 13.7. The van der Waals surface area contributed by atoms with Crippen LogP contribution < -0.4 is 10.1 Å². The van der Waals surface area contributed by atoms with Crippen molar-refractivity contribution in [1.29, 1.82) is 0 Å². The zero-order chi connectivity index (χ0) is 19.3. The van der Waals surface area contributed by atoms with Crippen molar-refractivity contribution >= 4 is 16.9 Å². The maximum atomic E-state index is 12.8. The number of hydrogen-bond donors (Lipinski definition) is 1. The summed E-state index contributed by atoms with van der Waals surface area (Å²) in [5.74, 6) is 0.642. The minimum Gasteiger partial charge on any atom is -0.497 e. The Morgan fingerprint density at radius 3 is 2.57 bits per heavy atom. The third-order valence-corrected chi connectivity index (χ3v) is 4.69. The smallest absolute Gasteiger partial charge is 0.225 e. The van der Waals surface area contributed by atoms with Crippen LogP contribution in [0.5, 0.6) is 5.75 Å². The summed E-state index contributed by atoms with van der Waals surface area (Å²) in [5.41, 5.74) is 3.55. The molecule has 1 unspecified atom stereocenters. The average Bonchev–Trinajstić information content (AvgIpc) is 3.15. The number of ether oxygens (including phenoxy) is 1. The van der Waals surface area contributed by atoms with Gasteiger partial charge in [0.15, 0.2) is 0 Å². The summed E-state index contributed by atoms with van der Waals surface area (Å²) in [5, 5.41) is 4.06. The maximum absolute atomic E-state index is 12.8. The highest BCUT2D eigenvalue weighted by atomic mass is 16.5. The Bertz CT molecular complexity index is 1040. The molecule has 0 bridgehead atoms. The lowest BCUT2D eigenvalue weighted by Gasteiger charge is -2.19. The van der Waals surface area contributed by atoms with Crippen LogP contribution in [0.25, 0.3) is 11.0 Å². The van der Waals surface area contributed by atoms with Gasteiger partial charge in [-0.25, -0.2) is 0 Å². The number of nitrogens with zero attached hydrogens (tertiary/aromatic N) is 1. The highest BCUT2D eigenvalue weighted by Gasteiger charge is 2.18. The van der Waals surface area contributed by atoms with Gasteiger partial charge in [-0.15, -0.1) is 0 Å². The number of methoxy groups -OCH3 is 1. The summed E-state index contributed by atoms with van der Waals surface area (Å²) in [6.45, 7) is 0. The van der Waals surface area contributed by atoms with Gasteiger partial charge in [-0.1, -0.05) is 30.3 Å². The van der Waals surface area contributed by atoms with E-state index >= 15 is 0 Å². The summed E-state index contributed by atoms with van der Waals surface area (Å²) in [7, 11) is 1.61. The van der Waals surface area contributed by atoms with Crippen molar-refractivity contribution in [2.24, 2.45) is 0 Å². The number of aromatic nitrogens is 1. The van der Waals surface area contributed by atoms with Crippen molar-refractivity contribution in [3.8, 4) is 5.75 Å². The van der Waals surface area contributed by atoms with Crippen molar-refractivity contribution < 1.29 is 13.9 Å². The second-order valence-electron chi connectivity index (χ2n) is 6.49. The molecule has 5 heteroatoms. The lowest BCUT2D eigenvalue weighted by Crippen LogP contribution is -2.30.